The van der Waals surface area contributed by atoms with Crippen molar-refractivity contribution in [1.29, 1.82) is 0 Å². The van der Waals surface area contributed by atoms with Gasteiger partial charge in [-0.3, -0.25) is 6.58 Å². The standard InChI is InChI=1S/C12H15.Pr/c1-3-4-8-11(2)12-9-6-5-7-10-12;/h2,5-7,9-10H,3-4,8H2,1H3;/q-1;. The van der Waals surface area contributed by atoms with E-state index in [1.807, 2.05) is 18.2 Å². The fraction of sp³-hybridized carbons (Fsp3) is 0.333. The summed E-state index contributed by atoms with van der Waals surface area (Å²) >= 11 is 0. The average molecular weight is 300 g/mol. The van der Waals surface area contributed by atoms with Gasteiger partial charge in [0.1, 0.15) is 0 Å². The second-order valence-electron chi connectivity index (χ2n) is 2.99. The second kappa shape index (κ2) is 7.70. The predicted octanol–water partition coefficient (Wildman–Crippen LogP) is 3.69. The Balaban J connectivity index is 0.00000144. The van der Waals surface area contributed by atoms with Crippen LogP contribution in [-0.2, 0) is 0 Å². The summed E-state index contributed by atoms with van der Waals surface area (Å²) in [5.74, 6) is 0. The van der Waals surface area contributed by atoms with Crippen LogP contribution in [0, 0.1) is 47.9 Å². The molecule has 13 heavy (non-hydrogen) atoms. The Kier molecular flexibility index (Phi) is 7.89. The van der Waals surface area contributed by atoms with E-state index in [-0.39, 0.29) is 41.3 Å². The van der Waals surface area contributed by atoms with Crippen LogP contribution >= 0.6 is 0 Å². The molecule has 0 aliphatic carbocycles. The van der Waals surface area contributed by atoms with Gasteiger partial charge in [0.25, 0.3) is 0 Å². The Morgan fingerprint density at radius 3 is 2.38 bits per heavy atom. The van der Waals surface area contributed by atoms with Crippen molar-refractivity contribution in [2.45, 2.75) is 26.2 Å². The normalized spacial score (nSPS) is 9.00. The maximum atomic E-state index is 5.90. The van der Waals surface area contributed by atoms with E-state index >= 15 is 0 Å². The van der Waals surface area contributed by atoms with Crippen molar-refractivity contribution in [2.75, 3.05) is 0 Å². The van der Waals surface area contributed by atoms with Crippen LogP contribution in [0.3, 0.4) is 0 Å². The van der Waals surface area contributed by atoms with Crippen molar-refractivity contribution in [1.82, 2.24) is 0 Å². The van der Waals surface area contributed by atoms with E-state index in [1.165, 1.54) is 18.4 Å². The van der Waals surface area contributed by atoms with Gasteiger partial charge >= 0.3 is 0 Å². The molecule has 0 amide bonds. The number of rotatable bonds is 4. The Bertz CT molecular complexity index is 239. The number of hydrogen-bond acceptors (Lipinski definition) is 0. The van der Waals surface area contributed by atoms with Gasteiger partial charge in [-0.1, -0.05) is 44.4 Å². The minimum Gasteiger partial charge on any atom is -0.289 e. The minimum absolute atomic E-state index is 0. The number of hydrogen-bond donors (Lipinski definition) is 0. The number of allylic oxidation sites excluding steroid dienone is 1. The third kappa shape index (κ3) is 4.93. The first kappa shape index (κ1) is 13.3. The third-order valence-corrected chi connectivity index (χ3v) is 1.94. The molecule has 0 fully saturated rings. The molecule has 0 bridgehead atoms. The van der Waals surface area contributed by atoms with E-state index in [0.717, 1.165) is 12.0 Å². The van der Waals surface area contributed by atoms with Gasteiger partial charge in [0.15, 0.2) is 0 Å². The average Bonchev–Trinajstić information content (AvgIpc) is 2.15. The van der Waals surface area contributed by atoms with Crippen molar-refractivity contribution in [3.05, 3.63) is 42.5 Å². The van der Waals surface area contributed by atoms with Crippen LogP contribution in [0.25, 0.3) is 5.57 Å². The molecule has 1 aromatic rings. The molecule has 1 heteroatoms. The Morgan fingerprint density at radius 2 is 1.85 bits per heavy atom. The van der Waals surface area contributed by atoms with E-state index in [2.05, 4.69) is 19.1 Å². The molecule has 1 rings (SSSR count). The van der Waals surface area contributed by atoms with Crippen molar-refractivity contribution in [3.63, 3.8) is 0 Å². The summed E-state index contributed by atoms with van der Waals surface area (Å²) in [7, 11) is 0. The van der Waals surface area contributed by atoms with Crippen molar-refractivity contribution in [3.8, 4) is 0 Å². The molecular formula is C12H15Pr-. The van der Waals surface area contributed by atoms with Crippen LogP contribution < -0.4 is 0 Å². The summed E-state index contributed by atoms with van der Waals surface area (Å²) < 4.78 is 0. The summed E-state index contributed by atoms with van der Waals surface area (Å²) in [6.07, 6.45) is 3.40. The molecule has 1 aromatic carbocycles. The summed E-state index contributed by atoms with van der Waals surface area (Å²) in [6.45, 7) is 8.08. The molecular weight excluding hydrogens is 285 g/mol. The molecule has 0 saturated heterocycles. The maximum absolute atomic E-state index is 5.90. The van der Waals surface area contributed by atoms with Gasteiger partial charge < -0.3 is 0 Å². The molecule has 1 radical (unpaired) electrons. The quantitative estimate of drug-likeness (QED) is 0.744. The van der Waals surface area contributed by atoms with Gasteiger partial charge in [0.2, 0.25) is 0 Å². The van der Waals surface area contributed by atoms with E-state index in [9.17, 15) is 0 Å². The predicted molar refractivity (Wildman–Crippen MR) is 53.7 cm³/mol. The van der Waals surface area contributed by atoms with Crippen LogP contribution in [-0.4, -0.2) is 0 Å². The van der Waals surface area contributed by atoms with Crippen LogP contribution in [0.15, 0.2) is 30.3 Å². The molecule has 0 aliphatic heterocycles. The summed E-state index contributed by atoms with van der Waals surface area (Å²) in [5.41, 5.74) is 2.18. The maximum Gasteiger partial charge on any atom is 0 e. The smallest absolute Gasteiger partial charge is 0 e. The second-order valence-corrected chi connectivity index (χ2v) is 2.99. The van der Waals surface area contributed by atoms with Gasteiger partial charge in [-0.15, -0.1) is 12.1 Å². The van der Waals surface area contributed by atoms with E-state index in [1.54, 1.807) is 0 Å². The van der Waals surface area contributed by atoms with Crippen LogP contribution in [0.4, 0.5) is 0 Å². The van der Waals surface area contributed by atoms with E-state index in [0.29, 0.717) is 0 Å². The third-order valence-electron chi connectivity index (χ3n) is 1.94. The van der Waals surface area contributed by atoms with Crippen LogP contribution in [0.1, 0.15) is 31.7 Å². The first-order valence-electron chi connectivity index (χ1n) is 4.51. The summed E-state index contributed by atoms with van der Waals surface area (Å²) in [5, 5.41) is 0. The van der Waals surface area contributed by atoms with Gasteiger partial charge in [-0.05, 0) is 0 Å². The van der Waals surface area contributed by atoms with Gasteiger partial charge in [0, 0.05) is 41.3 Å². The molecule has 0 saturated carbocycles. The minimum atomic E-state index is 0. The van der Waals surface area contributed by atoms with Crippen molar-refractivity contribution >= 4 is 5.57 Å². The molecule has 0 nitrogen and oxygen atoms in total. The zero-order valence-corrected chi connectivity index (χ0v) is 11.9. The monoisotopic (exact) mass is 300 g/mol. The zero-order chi connectivity index (χ0) is 8.81. The van der Waals surface area contributed by atoms with Gasteiger partial charge in [-0.25, -0.2) is 5.57 Å². The van der Waals surface area contributed by atoms with Crippen molar-refractivity contribution < 1.29 is 41.3 Å². The largest absolute Gasteiger partial charge is 0.289 e. The van der Waals surface area contributed by atoms with Crippen LogP contribution in [0.5, 0.6) is 0 Å². The first-order chi connectivity index (χ1) is 5.84. The molecule has 0 aliphatic rings. The van der Waals surface area contributed by atoms with E-state index < -0.39 is 0 Å². The van der Waals surface area contributed by atoms with Crippen molar-refractivity contribution in [2.24, 2.45) is 0 Å². The molecule has 67 valence electrons. The van der Waals surface area contributed by atoms with Gasteiger partial charge in [-0.2, -0.15) is 5.56 Å². The molecule has 0 N–H and O–H groups in total. The Labute approximate surface area is 114 Å². The topological polar surface area (TPSA) is 0 Å². The fourth-order valence-corrected chi connectivity index (χ4v) is 1.16. The molecule has 0 heterocycles. The number of unbranched alkanes of at least 4 members (excludes halogenated alkanes) is 1. The SMILES string of the molecule is [CH-]=C(CCCC)c1ccccc1.[Pr]. The Hall–Kier alpha value is 0.324. The molecule has 0 aromatic heterocycles. The molecule has 0 atom stereocenters. The number of benzene rings is 1. The van der Waals surface area contributed by atoms with E-state index in [4.69, 9.17) is 6.58 Å². The Morgan fingerprint density at radius 1 is 1.23 bits per heavy atom. The summed E-state index contributed by atoms with van der Waals surface area (Å²) in [6, 6.07) is 10.2. The molecule has 0 spiro atoms. The summed E-state index contributed by atoms with van der Waals surface area (Å²) in [4.78, 5) is 0. The zero-order valence-electron chi connectivity index (χ0n) is 8.16. The molecule has 0 unspecified atom stereocenters. The fourth-order valence-electron chi connectivity index (χ4n) is 1.16. The first-order valence-corrected chi connectivity index (χ1v) is 4.51. The van der Waals surface area contributed by atoms with Crippen LogP contribution in [0.2, 0.25) is 0 Å². The van der Waals surface area contributed by atoms with Gasteiger partial charge in [0.05, 0.1) is 0 Å².